The normalized spacial score (nSPS) is 11.5. The van der Waals surface area contributed by atoms with Crippen LogP contribution in [-0.4, -0.2) is 4.57 Å². The molecule has 0 radical (unpaired) electrons. The first kappa shape index (κ1) is 9.16. The van der Waals surface area contributed by atoms with Crippen molar-refractivity contribution in [1.29, 1.82) is 0 Å². The van der Waals surface area contributed by atoms with Crippen molar-refractivity contribution >= 4 is 28.2 Å². The lowest BCUT2D eigenvalue weighted by atomic mass is 10.2. The van der Waals surface area contributed by atoms with Gasteiger partial charge in [0.1, 0.15) is 0 Å². The molecule has 0 aliphatic rings. The maximum absolute atomic E-state index is 5.69. The molecule has 1 aromatic carbocycles. The Morgan fingerprint density at radius 2 is 2.21 bits per heavy atom. The number of halogens is 1. The van der Waals surface area contributed by atoms with Crippen LogP contribution in [-0.2, 0) is 6.54 Å². The monoisotopic (exact) mass is 206 g/mol. The van der Waals surface area contributed by atoms with Crippen LogP contribution >= 0.6 is 11.6 Å². The van der Waals surface area contributed by atoms with Crippen LogP contribution < -0.4 is 5.73 Å². The number of nitrogens with zero attached hydrogens (tertiary/aromatic N) is 1. The zero-order valence-electron chi connectivity index (χ0n) is 7.65. The van der Waals surface area contributed by atoms with E-state index in [4.69, 9.17) is 17.3 Å². The van der Waals surface area contributed by atoms with Gasteiger partial charge in [-0.25, -0.2) is 0 Å². The van der Waals surface area contributed by atoms with Gasteiger partial charge in [0.15, 0.2) is 0 Å². The summed E-state index contributed by atoms with van der Waals surface area (Å²) >= 11 is 5.48. The molecule has 1 heterocycles. The SMILES string of the molecule is Nc1ccc2c(ccn2C/C=C/Cl)c1. The van der Waals surface area contributed by atoms with E-state index in [1.165, 1.54) is 11.1 Å². The minimum absolute atomic E-state index is 0.789. The Labute approximate surface area is 87.6 Å². The number of nitrogen functional groups attached to an aromatic ring is 1. The summed E-state index contributed by atoms with van der Waals surface area (Å²) in [6.07, 6.45) is 3.93. The molecule has 2 N–H and O–H groups in total. The lowest BCUT2D eigenvalue weighted by Gasteiger charge is -2.00. The van der Waals surface area contributed by atoms with E-state index in [1.807, 2.05) is 36.5 Å². The molecule has 0 atom stereocenters. The van der Waals surface area contributed by atoms with Gasteiger partial charge >= 0.3 is 0 Å². The molecule has 3 heteroatoms. The predicted molar refractivity (Wildman–Crippen MR) is 61.3 cm³/mol. The van der Waals surface area contributed by atoms with E-state index in [-0.39, 0.29) is 0 Å². The average Bonchev–Trinajstić information content (AvgIpc) is 2.57. The number of rotatable bonds is 2. The molecule has 0 saturated carbocycles. The first-order valence-electron chi connectivity index (χ1n) is 4.41. The molecule has 2 nitrogen and oxygen atoms in total. The van der Waals surface area contributed by atoms with E-state index in [0.29, 0.717) is 0 Å². The van der Waals surface area contributed by atoms with Gasteiger partial charge in [-0.2, -0.15) is 0 Å². The van der Waals surface area contributed by atoms with Crippen molar-refractivity contribution in [3.8, 4) is 0 Å². The van der Waals surface area contributed by atoms with Crippen LogP contribution in [0.25, 0.3) is 10.9 Å². The molecule has 0 saturated heterocycles. The second-order valence-corrected chi connectivity index (χ2v) is 3.40. The molecule has 14 heavy (non-hydrogen) atoms. The van der Waals surface area contributed by atoms with Crippen LogP contribution in [0, 0.1) is 0 Å². The fourth-order valence-electron chi connectivity index (χ4n) is 1.53. The van der Waals surface area contributed by atoms with Crippen molar-refractivity contribution < 1.29 is 0 Å². The molecule has 0 unspecified atom stereocenters. The summed E-state index contributed by atoms with van der Waals surface area (Å²) in [5.41, 5.74) is 9.19. The molecular formula is C11H11ClN2. The van der Waals surface area contributed by atoms with Crippen molar-refractivity contribution in [2.75, 3.05) is 5.73 Å². The van der Waals surface area contributed by atoms with Crippen LogP contribution in [0.4, 0.5) is 5.69 Å². The molecule has 2 aromatic rings. The summed E-state index contributed by atoms with van der Waals surface area (Å²) in [6.45, 7) is 0.789. The molecule has 0 aliphatic carbocycles. The van der Waals surface area contributed by atoms with Gasteiger partial charge in [0, 0.05) is 34.9 Å². The molecule has 0 amide bonds. The van der Waals surface area contributed by atoms with Crippen molar-refractivity contribution in [3.63, 3.8) is 0 Å². The number of benzene rings is 1. The molecule has 1 aromatic heterocycles. The van der Waals surface area contributed by atoms with Gasteiger partial charge in [-0.3, -0.25) is 0 Å². The summed E-state index contributed by atoms with van der Waals surface area (Å²) in [5, 5.41) is 1.16. The van der Waals surface area contributed by atoms with E-state index in [9.17, 15) is 0 Å². The Hall–Kier alpha value is -1.41. The Morgan fingerprint density at radius 3 is 3.00 bits per heavy atom. The zero-order chi connectivity index (χ0) is 9.97. The molecule has 0 bridgehead atoms. The standard InChI is InChI=1S/C11H11ClN2/c12-5-1-6-14-7-4-9-8-10(13)2-3-11(9)14/h1-5,7-8H,6,13H2/b5-1+. The quantitative estimate of drug-likeness (QED) is 0.753. The maximum atomic E-state index is 5.69. The van der Waals surface area contributed by atoms with Gasteiger partial charge in [0.2, 0.25) is 0 Å². The number of fused-ring (bicyclic) bond motifs is 1. The zero-order valence-corrected chi connectivity index (χ0v) is 8.41. The van der Waals surface area contributed by atoms with Crippen LogP contribution in [0.3, 0.4) is 0 Å². The van der Waals surface area contributed by atoms with Gasteiger partial charge in [0.05, 0.1) is 0 Å². The second kappa shape index (κ2) is 3.76. The fourth-order valence-corrected chi connectivity index (χ4v) is 1.61. The van der Waals surface area contributed by atoms with Gasteiger partial charge in [0.25, 0.3) is 0 Å². The van der Waals surface area contributed by atoms with Crippen molar-refractivity contribution in [2.45, 2.75) is 6.54 Å². The van der Waals surface area contributed by atoms with Crippen LogP contribution in [0.5, 0.6) is 0 Å². The Bertz CT molecular complexity index is 471. The van der Waals surface area contributed by atoms with Gasteiger partial charge in [-0.15, -0.1) is 0 Å². The Kier molecular flexibility index (Phi) is 2.46. The third-order valence-corrected chi connectivity index (χ3v) is 2.36. The van der Waals surface area contributed by atoms with Crippen LogP contribution in [0.2, 0.25) is 0 Å². The minimum Gasteiger partial charge on any atom is -0.399 e. The number of anilines is 1. The average molecular weight is 207 g/mol. The number of aromatic nitrogens is 1. The van der Waals surface area contributed by atoms with Crippen molar-refractivity contribution in [2.24, 2.45) is 0 Å². The van der Waals surface area contributed by atoms with E-state index in [1.54, 1.807) is 0 Å². The summed E-state index contributed by atoms with van der Waals surface area (Å²) in [6, 6.07) is 7.94. The molecule has 0 aliphatic heterocycles. The highest BCUT2D eigenvalue weighted by atomic mass is 35.5. The summed E-state index contributed by atoms with van der Waals surface area (Å²) in [7, 11) is 0. The number of hydrogen-bond donors (Lipinski definition) is 1. The maximum Gasteiger partial charge on any atom is 0.0484 e. The highest BCUT2D eigenvalue weighted by Crippen LogP contribution is 2.18. The number of allylic oxidation sites excluding steroid dienone is 1. The van der Waals surface area contributed by atoms with Crippen LogP contribution in [0.1, 0.15) is 0 Å². The molecule has 0 fully saturated rings. The van der Waals surface area contributed by atoms with Gasteiger partial charge < -0.3 is 10.3 Å². The Morgan fingerprint density at radius 1 is 1.36 bits per heavy atom. The predicted octanol–water partition coefficient (Wildman–Crippen LogP) is 2.98. The second-order valence-electron chi connectivity index (χ2n) is 3.15. The summed E-state index contributed by atoms with van der Waals surface area (Å²) < 4.78 is 2.12. The fraction of sp³-hybridized carbons (Fsp3) is 0.0909. The van der Waals surface area contributed by atoms with Gasteiger partial charge in [-0.05, 0) is 24.3 Å². The first-order chi connectivity index (χ1) is 6.81. The van der Waals surface area contributed by atoms with Gasteiger partial charge in [-0.1, -0.05) is 17.7 Å². The van der Waals surface area contributed by atoms with E-state index < -0.39 is 0 Å². The van der Waals surface area contributed by atoms with E-state index >= 15 is 0 Å². The topological polar surface area (TPSA) is 30.9 Å². The highest BCUT2D eigenvalue weighted by molar-refractivity contribution is 6.25. The van der Waals surface area contributed by atoms with Crippen LogP contribution in [0.15, 0.2) is 42.1 Å². The lowest BCUT2D eigenvalue weighted by molar-refractivity contribution is 0.865. The smallest absolute Gasteiger partial charge is 0.0484 e. The third kappa shape index (κ3) is 1.61. The van der Waals surface area contributed by atoms with E-state index in [2.05, 4.69) is 4.57 Å². The van der Waals surface area contributed by atoms with Crippen molar-refractivity contribution in [1.82, 2.24) is 4.57 Å². The van der Waals surface area contributed by atoms with Crippen molar-refractivity contribution in [3.05, 3.63) is 42.1 Å². The summed E-state index contributed by atoms with van der Waals surface area (Å²) in [5.74, 6) is 0. The largest absolute Gasteiger partial charge is 0.399 e. The molecular weight excluding hydrogens is 196 g/mol. The molecule has 2 rings (SSSR count). The Balaban J connectivity index is 2.47. The number of hydrogen-bond acceptors (Lipinski definition) is 1. The highest BCUT2D eigenvalue weighted by Gasteiger charge is 1.98. The molecule has 72 valence electrons. The third-order valence-electron chi connectivity index (χ3n) is 2.19. The first-order valence-corrected chi connectivity index (χ1v) is 4.84. The lowest BCUT2D eigenvalue weighted by Crippen LogP contribution is -1.92. The molecule has 0 spiro atoms. The van der Waals surface area contributed by atoms with E-state index in [0.717, 1.165) is 17.6 Å². The number of nitrogens with two attached hydrogens (primary N) is 1. The summed E-state index contributed by atoms with van der Waals surface area (Å²) in [4.78, 5) is 0. The minimum atomic E-state index is 0.789.